The molecule has 1 amide bonds. The van der Waals surface area contributed by atoms with Gasteiger partial charge >= 0.3 is 0 Å². The molecule has 0 heterocycles. The van der Waals surface area contributed by atoms with Gasteiger partial charge in [0, 0.05) is 17.1 Å². The maximum atomic E-state index is 12.4. The van der Waals surface area contributed by atoms with Crippen molar-refractivity contribution in [2.75, 3.05) is 19.3 Å². The van der Waals surface area contributed by atoms with E-state index in [0.717, 1.165) is 4.31 Å². The third-order valence-corrected chi connectivity index (χ3v) is 4.91. The Morgan fingerprint density at radius 3 is 2.43 bits per heavy atom. The topological polar surface area (TPSA) is 92.5 Å². The maximum Gasteiger partial charge on any atom is 0.245 e. The molecule has 118 valence electrons. The van der Waals surface area contributed by atoms with E-state index >= 15 is 0 Å². The molecule has 0 spiro atoms. The van der Waals surface area contributed by atoms with E-state index in [2.05, 4.69) is 21.2 Å². The van der Waals surface area contributed by atoms with Crippen LogP contribution in [0.5, 0.6) is 0 Å². The fourth-order valence-electron chi connectivity index (χ4n) is 1.67. The standard InChI is InChI=1S/C13H20BrN3O3S/c1-13(2,3)16-12(18)8-17(4)21(19,20)11-6-5-9(14)7-10(11)15/h5-7H,8,15H2,1-4H3,(H,16,18). The van der Waals surface area contributed by atoms with Crippen LogP contribution in [0.4, 0.5) is 5.69 Å². The fourth-order valence-corrected chi connectivity index (χ4v) is 3.27. The highest BCUT2D eigenvalue weighted by molar-refractivity contribution is 9.10. The minimum Gasteiger partial charge on any atom is -0.398 e. The minimum atomic E-state index is -3.81. The molecule has 0 saturated carbocycles. The Balaban J connectivity index is 2.95. The van der Waals surface area contributed by atoms with Gasteiger partial charge in [-0.1, -0.05) is 15.9 Å². The van der Waals surface area contributed by atoms with Crippen molar-refractivity contribution in [2.45, 2.75) is 31.2 Å². The SMILES string of the molecule is CN(CC(=O)NC(C)(C)C)S(=O)(=O)c1ccc(Br)cc1N. The first kappa shape index (κ1) is 17.9. The molecule has 0 fully saturated rings. The highest BCUT2D eigenvalue weighted by Crippen LogP contribution is 2.24. The quantitative estimate of drug-likeness (QED) is 0.778. The van der Waals surface area contributed by atoms with Crippen LogP contribution in [0.25, 0.3) is 0 Å². The van der Waals surface area contributed by atoms with Gasteiger partial charge in [-0.05, 0) is 39.0 Å². The summed E-state index contributed by atoms with van der Waals surface area (Å²) < 4.78 is 26.5. The zero-order valence-corrected chi connectivity index (χ0v) is 14.9. The minimum absolute atomic E-state index is 0.0169. The number of hydrogen-bond acceptors (Lipinski definition) is 4. The lowest BCUT2D eigenvalue weighted by Crippen LogP contribution is -2.46. The molecule has 6 nitrogen and oxygen atoms in total. The van der Waals surface area contributed by atoms with E-state index in [1.807, 2.05) is 20.8 Å². The van der Waals surface area contributed by atoms with E-state index in [0.29, 0.717) is 4.47 Å². The van der Waals surface area contributed by atoms with Crippen LogP contribution in [0.15, 0.2) is 27.6 Å². The smallest absolute Gasteiger partial charge is 0.245 e. The van der Waals surface area contributed by atoms with Gasteiger partial charge in [0.1, 0.15) is 4.90 Å². The summed E-state index contributed by atoms with van der Waals surface area (Å²) in [6, 6.07) is 4.51. The van der Waals surface area contributed by atoms with Crippen LogP contribution >= 0.6 is 15.9 Å². The molecule has 0 radical (unpaired) electrons. The number of carbonyl (C=O) groups excluding carboxylic acids is 1. The zero-order chi connectivity index (χ0) is 16.4. The second kappa shape index (κ2) is 6.33. The number of benzene rings is 1. The van der Waals surface area contributed by atoms with Gasteiger partial charge in [-0.25, -0.2) is 8.42 Å². The van der Waals surface area contributed by atoms with Crippen LogP contribution in [-0.2, 0) is 14.8 Å². The number of hydrogen-bond donors (Lipinski definition) is 2. The molecule has 8 heteroatoms. The Morgan fingerprint density at radius 2 is 1.95 bits per heavy atom. The van der Waals surface area contributed by atoms with Gasteiger partial charge in [-0.15, -0.1) is 0 Å². The van der Waals surface area contributed by atoms with Gasteiger partial charge in [0.2, 0.25) is 15.9 Å². The molecule has 0 aliphatic heterocycles. The van der Waals surface area contributed by atoms with Crippen molar-refractivity contribution in [3.8, 4) is 0 Å². The molecule has 0 atom stereocenters. The number of rotatable bonds is 4. The van der Waals surface area contributed by atoms with Gasteiger partial charge in [-0.2, -0.15) is 4.31 Å². The van der Waals surface area contributed by atoms with Crippen LogP contribution in [-0.4, -0.2) is 37.8 Å². The summed E-state index contributed by atoms with van der Waals surface area (Å²) in [7, 11) is -2.46. The average Bonchev–Trinajstić information content (AvgIpc) is 2.25. The Hall–Kier alpha value is -1.12. The molecule has 3 N–H and O–H groups in total. The number of anilines is 1. The highest BCUT2D eigenvalue weighted by Gasteiger charge is 2.26. The largest absolute Gasteiger partial charge is 0.398 e. The summed E-state index contributed by atoms with van der Waals surface area (Å²) in [6.07, 6.45) is 0. The monoisotopic (exact) mass is 377 g/mol. The van der Waals surface area contributed by atoms with Crippen molar-refractivity contribution < 1.29 is 13.2 Å². The summed E-state index contributed by atoms with van der Waals surface area (Å²) in [5.74, 6) is -0.371. The Bertz CT molecular complexity index is 639. The molecule has 0 aliphatic rings. The van der Waals surface area contributed by atoms with E-state index in [9.17, 15) is 13.2 Å². The molecule has 0 saturated heterocycles. The number of carbonyl (C=O) groups is 1. The number of amides is 1. The number of sulfonamides is 1. The summed E-state index contributed by atoms with van der Waals surface area (Å²) in [5.41, 5.74) is 5.46. The number of likely N-dealkylation sites (N-methyl/N-ethyl adjacent to an activating group) is 1. The second-order valence-electron chi connectivity index (χ2n) is 5.74. The van der Waals surface area contributed by atoms with Gasteiger partial charge in [-0.3, -0.25) is 4.79 Å². The number of halogens is 1. The third kappa shape index (κ3) is 4.98. The predicted octanol–water partition coefficient (Wildman–Crippen LogP) is 1.57. The Kier molecular flexibility index (Phi) is 5.40. The Morgan fingerprint density at radius 1 is 1.38 bits per heavy atom. The first-order valence-corrected chi connectivity index (χ1v) is 8.49. The normalized spacial score (nSPS) is 12.5. The Labute approximate surface area is 133 Å². The van der Waals surface area contributed by atoms with Gasteiger partial charge in [0.25, 0.3) is 0 Å². The van der Waals surface area contributed by atoms with Gasteiger partial charge < -0.3 is 11.1 Å². The third-order valence-electron chi connectivity index (χ3n) is 2.54. The maximum absolute atomic E-state index is 12.4. The van der Waals surface area contributed by atoms with Crippen molar-refractivity contribution in [3.63, 3.8) is 0 Å². The fraction of sp³-hybridized carbons (Fsp3) is 0.462. The lowest BCUT2D eigenvalue weighted by molar-refractivity contribution is -0.122. The van der Waals surface area contributed by atoms with E-state index < -0.39 is 15.6 Å². The number of nitrogens with one attached hydrogen (secondary N) is 1. The van der Waals surface area contributed by atoms with Crippen molar-refractivity contribution in [2.24, 2.45) is 0 Å². The molecular formula is C13H20BrN3O3S. The summed E-state index contributed by atoms with van der Waals surface area (Å²) in [6.45, 7) is 5.21. The average molecular weight is 378 g/mol. The summed E-state index contributed by atoms with van der Waals surface area (Å²) in [4.78, 5) is 11.8. The number of nitrogens with two attached hydrogens (primary N) is 1. The summed E-state index contributed by atoms with van der Waals surface area (Å²) in [5, 5.41) is 2.71. The van der Waals surface area contributed by atoms with E-state index in [-0.39, 0.29) is 23.0 Å². The summed E-state index contributed by atoms with van der Waals surface area (Å²) >= 11 is 3.22. The van der Waals surface area contributed by atoms with Crippen LogP contribution in [0, 0.1) is 0 Å². The molecule has 1 aromatic carbocycles. The van der Waals surface area contributed by atoms with Gasteiger partial charge in [0.15, 0.2) is 0 Å². The first-order chi connectivity index (χ1) is 9.43. The van der Waals surface area contributed by atoms with Crippen LogP contribution in [0.1, 0.15) is 20.8 Å². The molecular weight excluding hydrogens is 358 g/mol. The zero-order valence-electron chi connectivity index (χ0n) is 12.5. The van der Waals surface area contributed by atoms with Crippen molar-refractivity contribution >= 4 is 37.5 Å². The highest BCUT2D eigenvalue weighted by atomic mass is 79.9. The van der Waals surface area contributed by atoms with E-state index in [1.54, 1.807) is 6.07 Å². The van der Waals surface area contributed by atoms with Crippen LogP contribution in [0.3, 0.4) is 0 Å². The number of nitrogen functional groups attached to an aromatic ring is 1. The second-order valence-corrected chi connectivity index (χ2v) is 8.67. The molecule has 1 rings (SSSR count). The lowest BCUT2D eigenvalue weighted by atomic mass is 10.1. The predicted molar refractivity (Wildman–Crippen MR) is 86.3 cm³/mol. The first-order valence-electron chi connectivity index (χ1n) is 6.26. The van der Waals surface area contributed by atoms with Crippen molar-refractivity contribution in [1.82, 2.24) is 9.62 Å². The molecule has 0 bridgehead atoms. The van der Waals surface area contributed by atoms with E-state index in [1.165, 1.54) is 19.2 Å². The lowest BCUT2D eigenvalue weighted by Gasteiger charge is -2.23. The van der Waals surface area contributed by atoms with Crippen molar-refractivity contribution in [3.05, 3.63) is 22.7 Å². The van der Waals surface area contributed by atoms with Crippen LogP contribution < -0.4 is 11.1 Å². The molecule has 0 aromatic heterocycles. The van der Waals surface area contributed by atoms with Crippen LogP contribution in [0.2, 0.25) is 0 Å². The van der Waals surface area contributed by atoms with Crippen molar-refractivity contribution in [1.29, 1.82) is 0 Å². The van der Waals surface area contributed by atoms with Gasteiger partial charge in [0.05, 0.1) is 12.2 Å². The molecule has 21 heavy (non-hydrogen) atoms. The van der Waals surface area contributed by atoms with E-state index in [4.69, 9.17) is 5.73 Å². The number of nitrogens with zero attached hydrogens (tertiary/aromatic N) is 1. The molecule has 1 aromatic rings. The molecule has 0 unspecified atom stereocenters. The molecule has 0 aliphatic carbocycles.